The number of thiazole rings is 1. The number of halogens is 2. The van der Waals surface area contributed by atoms with Gasteiger partial charge in [0.25, 0.3) is 5.56 Å². The Labute approximate surface area is 287 Å². The molecule has 7 nitrogen and oxygen atoms in total. The van der Waals surface area contributed by atoms with E-state index in [0.717, 1.165) is 24.0 Å². The quantitative estimate of drug-likeness (QED) is 0.139. The second kappa shape index (κ2) is 14.0. The fourth-order valence-corrected chi connectivity index (χ4v) is 8.24. The molecule has 0 saturated carbocycles. The van der Waals surface area contributed by atoms with Crippen LogP contribution >= 0.6 is 56.5 Å². The summed E-state index contributed by atoms with van der Waals surface area (Å²) >= 11 is 5.84. The van der Waals surface area contributed by atoms with Gasteiger partial charge in [0.05, 0.1) is 35.7 Å². The second-order valence-electron chi connectivity index (χ2n) is 10.6. The predicted octanol–water partition coefficient (Wildman–Crippen LogP) is 6.68. The summed E-state index contributed by atoms with van der Waals surface area (Å²) in [5.41, 5.74) is 4.46. The first-order chi connectivity index (χ1) is 21.1. The SMILES string of the molecule is CCOC(=O)C1=C(C)N=c2s/c(=C/c3cc(I)c(OCc4cccc(C)c4)c(I)c3)c(=O)n2[C@H]1c1ccccc1OC(C)C. The third kappa shape index (κ3) is 6.96. The highest BCUT2D eigenvalue weighted by atomic mass is 127. The van der Waals surface area contributed by atoms with Gasteiger partial charge in [0, 0.05) is 5.56 Å². The van der Waals surface area contributed by atoms with Crippen molar-refractivity contribution in [2.45, 2.75) is 53.4 Å². The summed E-state index contributed by atoms with van der Waals surface area (Å²) in [6.07, 6.45) is 1.77. The van der Waals surface area contributed by atoms with Gasteiger partial charge in [0.2, 0.25) is 0 Å². The highest BCUT2D eigenvalue weighted by molar-refractivity contribution is 14.1. The first kappa shape index (κ1) is 32.4. The number of para-hydroxylation sites is 1. The van der Waals surface area contributed by atoms with E-state index in [1.807, 2.05) is 62.4 Å². The Bertz CT molecular complexity index is 1920. The van der Waals surface area contributed by atoms with Crippen molar-refractivity contribution in [2.24, 2.45) is 4.99 Å². The van der Waals surface area contributed by atoms with Crippen LogP contribution in [0.3, 0.4) is 0 Å². The molecule has 4 aromatic rings. The fraction of sp³-hybridized carbons (Fsp3) is 0.265. The van der Waals surface area contributed by atoms with Crippen molar-refractivity contribution in [1.29, 1.82) is 0 Å². The maximum Gasteiger partial charge on any atom is 0.338 e. The monoisotopic (exact) mass is 834 g/mol. The molecule has 5 rings (SSSR count). The number of hydrogen-bond acceptors (Lipinski definition) is 7. The Hall–Kier alpha value is -2.97. The van der Waals surface area contributed by atoms with E-state index in [4.69, 9.17) is 19.2 Å². The van der Waals surface area contributed by atoms with Crippen LogP contribution in [0.15, 0.2) is 81.7 Å². The van der Waals surface area contributed by atoms with Crippen LogP contribution in [0, 0.1) is 14.1 Å². The Morgan fingerprint density at radius 3 is 2.48 bits per heavy atom. The van der Waals surface area contributed by atoms with Crippen molar-refractivity contribution in [3.05, 3.63) is 121 Å². The van der Waals surface area contributed by atoms with Crippen LogP contribution < -0.4 is 24.4 Å². The maximum absolute atomic E-state index is 14.1. The molecular formula is C34H32I2N2O5S. The lowest BCUT2D eigenvalue weighted by Crippen LogP contribution is -2.40. The first-order valence-electron chi connectivity index (χ1n) is 14.2. The molecule has 1 aromatic heterocycles. The van der Waals surface area contributed by atoms with Gasteiger partial charge in [0.1, 0.15) is 24.1 Å². The zero-order chi connectivity index (χ0) is 31.5. The molecule has 0 fully saturated rings. The number of allylic oxidation sites excluding steroid dienone is 1. The van der Waals surface area contributed by atoms with Gasteiger partial charge in [-0.2, -0.15) is 0 Å². The molecule has 0 spiro atoms. The summed E-state index contributed by atoms with van der Waals surface area (Å²) in [6, 6.07) is 19.0. The molecule has 1 aliphatic heterocycles. The zero-order valence-corrected chi connectivity index (χ0v) is 30.2. The number of benzene rings is 3. The number of aromatic nitrogens is 1. The minimum atomic E-state index is -0.750. The van der Waals surface area contributed by atoms with E-state index in [1.54, 1.807) is 18.4 Å². The molecule has 0 saturated heterocycles. The molecule has 0 N–H and O–H groups in total. The number of ether oxygens (including phenoxy) is 3. The number of esters is 1. The Morgan fingerprint density at radius 1 is 1.07 bits per heavy atom. The molecule has 0 bridgehead atoms. The molecule has 0 radical (unpaired) electrons. The molecule has 44 heavy (non-hydrogen) atoms. The van der Waals surface area contributed by atoms with Crippen molar-refractivity contribution in [2.75, 3.05) is 6.61 Å². The summed E-state index contributed by atoms with van der Waals surface area (Å²) < 4.78 is 21.8. The standard InChI is InChI=1S/C34H32I2N2O5S/c1-6-41-33(40)29-21(5)37-34-38(30(29)24-12-7-8-13-27(24)43-19(2)3)32(39)28(44-34)17-23-15-25(35)31(26(36)16-23)42-18-22-11-9-10-20(4)14-22/h7-17,19,30H,6,18H2,1-5H3/b28-17+/t30-/m0/s1. The molecule has 2 heterocycles. The van der Waals surface area contributed by atoms with E-state index in [9.17, 15) is 9.59 Å². The Balaban J connectivity index is 1.59. The third-order valence-corrected chi connectivity index (χ3v) is 9.46. The normalized spacial score (nSPS) is 14.8. The number of carbonyl (C=O) groups is 1. The Kier molecular flexibility index (Phi) is 10.3. The van der Waals surface area contributed by atoms with Gasteiger partial charge in [0.15, 0.2) is 4.80 Å². The van der Waals surface area contributed by atoms with Gasteiger partial charge in [-0.05, 0) is 115 Å². The van der Waals surface area contributed by atoms with Crippen LogP contribution in [0.2, 0.25) is 0 Å². The summed E-state index contributed by atoms with van der Waals surface area (Å²) in [4.78, 5) is 32.6. The average molecular weight is 835 g/mol. The number of carbonyl (C=O) groups excluding carboxylic acids is 1. The number of aryl methyl sites for hydroxylation is 1. The van der Waals surface area contributed by atoms with E-state index in [0.29, 0.717) is 38.5 Å². The number of rotatable bonds is 9. The largest absolute Gasteiger partial charge is 0.491 e. The Morgan fingerprint density at radius 2 is 1.80 bits per heavy atom. The molecule has 228 valence electrons. The van der Waals surface area contributed by atoms with Crippen molar-refractivity contribution in [1.82, 2.24) is 4.57 Å². The van der Waals surface area contributed by atoms with Crippen LogP contribution in [0.25, 0.3) is 6.08 Å². The summed E-state index contributed by atoms with van der Waals surface area (Å²) in [6.45, 7) is 10.2. The van der Waals surface area contributed by atoms with Crippen LogP contribution in [-0.4, -0.2) is 23.2 Å². The van der Waals surface area contributed by atoms with Gasteiger partial charge < -0.3 is 14.2 Å². The van der Waals surface area contributed by atoms with E-state index < -0.39 is 12.0 Å². The topological polar surface area (TPSA) is 79.1 Å². The molecule has 0 amide bonds. The molecule has 1 aliphatic rings. The molecule has 1 atom stereocenters. The summed E-state index contributed by atoms with van der Waals surface area (Å²) in [5, 5.41) is 0. The average Bonchev–Trinajstić information content (AvgIpc) is 3.26. The lowest BCUT2D eigenvalue weighted by Gasteiger charge is -2.26. The van der Waals surface area contributed by atoms with E-state index in [2.05, 4.69) is 70.3 Å². The minimum Gasteiger partial charge on any atom is -0.491 e. The highest BCUT2D eigenvalue weighted by Gasteiger charge is 2.35. The molecule has 3 aromatic carbocycles. The lowest BCUT2D eigenvalue weighted by atomic mass is 9.95. The van der Waals surface area contributed by atoms with Crippen LogP contribution in [0.5, 0.6) is 11.5 Å². The van der Waals surface area contributed by atoms with Crippen molar-refractivity contribution in [3.8, 4) is 11.5 Å². The highest BCUT2D eigenvalue weighted by Crippen LogP contribution is 2.36. The molecule has 0 unspecified atom stereocenters. The van der Waals surface area contributed by atoms with Gasteiger partial charge in [-0.3, -0.25) is 9.36 Å². The predicted molar refractivity (Wildman–Crippen MR) is 190 cm³/mol. The van der Waals surface area contributed by atoms with Crippen molar-refractivity contribution < 1.29 is 19.0 Å². The van der Waals surface area contributed by atoms with Gasteiger partial charge in [-0.25, -0.2) is 9.79 Å². The molecule has 10 heteroatoms. The van der Waals surface area contributed by atoms with Crippen LogP contribution in [-0.2, 0) is 16.1 Å². The summed E-state index contributed by atoms with van der Waals surface area (Å²) in [7, 11) is 0. The zero-order valence-electron chi connectivity index (χ0n) is 25.0. The maximum atomic E-state index is 14.1. The van der Waals surface area contributed by atoms with Crippen LogP contribution in [0.1, 0.15) is 56.0 Å². The van der Waals surface area contributed by atoms with E-state index in [-0.39, 0.29) is 18.3 Å². The molecule has 0 aliphatic carbocycles. The van der Waals surface area contributed by atoms with E-state index >= 15 is 0 Å². The number of fused-ring (bicyclic) bond motifs is 1. The van der Waals surface area contributed by atoms with Crippen molar-refractivity contribution >= 4 is 68.6 Å². The van der Waals surface area contributed by atoms with Gasteiger partial charge in [-0.1, -0.05) is 59.4 Å². The van der Waals surface area contributed by atoms with Crippen molar-refractivity contribution in [3.63, 3.8) is 0 Å². The molecular weight excluding hydrogens is 802 g/mol. The third-order valence-electron chi connectivity index (χ3n) is 6.88. The minimum absolute atomic E-state index is 0.100. The van der Waals surface area contributed by atoms with Gasteiger partial charge in [-0.15, -0.1) is 0 Å². The van der Waals surface area contributed by atoms with Crippen LogP contribution in [0.4, 0.5) is 0 Å². The number of hydrogen-bond donors (Lipinski definition) is 0. The van der Waals surface area contributed by atoms with E-state index in [1.165, 1.54) is 16.9 Å². The number of nitrogens with zero attached hydrogens (tertiary/aromatic N) is 2. The van der Waals surface area contributed by atoms with Gasteiger partial charge >= 0.3 is 5.97 Å². The first-order valence-corrected chi connectivity index (χ1v) is 17.2. The summed E-state index contributed by atoms with van der Waals surface area (Å²) in [5.74, 6) is 0.907. The smallest absolute Gasteiger partial charge is 0.338 e. The lowest BCUT2D eigenvalue weighted by molar-refractivity contribution is -0.139. The second-order valence-corrected chi connectivity index (χ2v) is 13.9. The fourth-order valence-electron chi connectivity index (χ4n) is 5.06.